The Labute approximate surface area is 239 Å². The van der Waals surface area contributed by atoms with E-state index in [9.17, 15) is 13.2 Å². The van der Waals surface area contributed by atoms with Crippen molar-refractivity contribution in [2.24, 2.45) is 0 Å². The standard InChI is InChI=1S/C26H21N5O4S2.Ag/c1-35-21-11-7-18(8-12-21)24-17-23(29-31(24)20-5-3-2-4-6-20)25(32)28-19-9-13-22(14-10-19)37(33,34)30-26-27-15-16-36-26;/h2-17H,1H3,(H2,27,28,30,32);/q;+1/p-1. The van der Waals surface area contributed by atoms with Crippen LogP contribution < -0.4 is 10.1 Å². The maximum Gasteiger partial charge on any atom is 1.00 e. The number of ether oxygens (including phenoxy) is 1. The fourth-order valence-corrected chi connectivity index (χ4v) is 5.22. The van der Waals surface area contributed by atoms with Gasteiger partial charge in [-0.15, -0.1) is 0 Å². The van der Waals surface area contributed by atoms with Crippen molar-refractivity contribution >= 4 is 38.1 Å². The molecule has 9 nitrogen and oxygen atoms in total. The molecule has 0 aliphatic rings. The molecule has 0 spiro atoms. The van der Waals surface area contributed by atoms with Crippen molar-refractivity contribution in [2.75, 3.05) is 12.4 Å². The molecule has 12 heteroatoms. The zero-order valence-electron chi connectivity index (χ0n) is 19.8. The fourth-order valence-electron chi connectivity index (χ4n) is 3.55. The van der Waals surface area contributed by atoms with Gasteiger partial charge in [0.05, 0.1) is 23.4 Å². The van der Waals surface area contributed by atoms with E-state index >= 15 is 0 Å². The van der Waals surface area contributed by atoms with Gasteiger partial charge in [0.15, 0.2) is 5.69 Å². The van der Waals surface area contributed by atoms with Gasteiger partial charge in [0.25, 0.3) is 5.91 Å². The summed E-state index contributed by atoms with van der Waals surface area (Å²) in [5.41, 5.74) is 2.99. The number of para-hydroxylation sites is 1. The molecule has 0 atom stereocenters. The SMILES string of the molecule is COc1ccc(-c2cc(C(=O)Nc3ccc(S(=O)(=O)[N-]c4nccs4)cc3)nn2-c2ccccc2)cc1.[Ag+]. The Bertz CT molecular complexity index is 1620. The topological polar surface area (TPSA) is 117 Å². The summed E-state index contributed by atoms with van der Waals surface area (Å²) < 4.78 is 35.7. The van der Waals surface area contributed by atoms with Crippen molar-refractivity contribution in [1.29, 1.82) is 0 Å². The molecule has 2 heterocycles. The van der Waals surface area contributed by atoms with Crippen LogP contribution in [0.15, 0.2) is 101 Å². The van der Waals surface area contributed by atoms with E-state index in [1.54, 1.807) is 23.2 Å². The summed E-state index contributed by atoms with van der Waals surface area (Å²) in [5, 5.41) is 9.12. The minimum absolute atomic E-state index is 0. The molecule has 0 saturated carbocycles. The summed E-state index contributed by atoms with van der Waals surface area (Å²) in [6, 6.07) is 24.4. The average Bonchev–Trinajstić information content (AvgIpc) is 3.60. The van der Waals surface area contributed by atoms with E-state index in [-0.39, 0.29) is 38.1 Å². The Morgan fingerprint density at radius 2 is 1.71 bits per heavy atom. The van der Waals surface area contributed by atoms with Gasteiger partial charge in [0, 0.05) is 16.4 Å². The van der Waals surface area contributed by atoms with E-state index in [1.165, 1.54) is 30.5 Å². The summed E-state index contributed by atoms with van der Waals surface area (Å²) in [7, 11) is -2.31. The summed E-state index contributed by atoms with van der Waals surface area (Å²) in [6.45, 7) is 0. The summed E-state index contributed by atoms with van der Waals surface area (Å²) in [4.78, 5) is 17.0. The number of hydrogen-bond donors (Lipinski definition) is 1. The van der Waals surface area contributed by atoms with E-state index in [0.29, 0.717) is 5.69 Å². The summed E-state index contributed by atoms with van der Waals surface area (Å²) >= 11 is 1.13. The zero-order chi connectivity index (χ0) is 25.8. The van der Waals surface area contributed by atoms with Crippen LogP contribution in [-0.4, -0.2) is 36.2 Å². The second kappa shape index (κ2) is 11.8. The first kappa shape index (κ1) is 27.3. The van der Waals surface area contributed by atoms with Crippen LogP contribution in [0.1, 0.15) is 10.5 Å². The van der Waals surface area contributed by atoms with E-state index in [0.717, 1.165) is 34.0 Å². The minimum atomic E-state index is -3.91. The molecule has 0 unspecified atom stereocenters. The third kappa shape index (κ3) is 6.04. The molecule has 0 bridgehead atoms. The molecule has 196 valence electrons. The molecule has 1 amide bonds. The molecular formula is C26H20AgN5O4S2. The fraction of sp³-hybridized carbons (Fsp3) is 0.0385. The van der Waals surface area contributed by atoms with Crippen molar-refractivity contribution in [3.63, 3.8) is 0 Å². The second-order valence-electron chi connectivity index (χ2n) is 7.75. The van der Waals surface area contributed by atoms with Crippen molar-refractivity contribution in [2.45, 2.75) is 4.90 Å². The van der Waals surface area contributed by atoms with Gasteiger partial charge in [0.1, 0.15) is 5.75 Å². The number of methoxy groups -OCH3 is 1. The van der Waals surface area contributed by atoms with Crippen LogP contribution in [0.5, 0.6) is 5.75 Å². The molecule has 0 radical (unpaired) electrons. The molecule has 5 rings (SSSR count). The number of hydrogen-bond acceptors (Lipinski definition) is 7. The van der Waals surface area contributed by atoms with Gasteiger partial charge < -0.3 is 19.8 Å². The molecule has 38 heavy (non-hydrogen) atoms. The molecule has 3 aromatic carbocycles. The largest absolute Gasteiger partial charge is 1.00 e. The van der Waals surface area contributed by atoms with Crippen LogP contribution in [0, 0.1) is 0 Å². The van der Waals surface area contributed by atoms with Crippen LogP contribution in [0.25, 0.3) is 21.7 Å². The normalized spacial score (nSPS) is 10.9. The number of nitrogens with zero attached hydrogens (tertiary/aromatic N) is 4. The maximum absolute atomic E-state index is 13.1. The Morgan fingerprint density at radius 1 is 1.00 bits per heavy atom. The number of sulfonamides is 1. The predicted octanol–water partition coefficient (Wildman–Crippen LogP) is 5.65. The number of aromatic nitrogens is 3. The van der Waals surface area contributed by atoms with Gasteiger partial charge >= 0.3 is 22.4 Å². The van der Waals surface area contributed by atoms with Gasteiger partial charge in [-0.25, -0.2) is 13.1 Å². The number of rotatable bonds is 8. The number of benzene rings is 3. The third-order valence-electron chi connectivity index (χ3n) is 5.36. The van der Waals surface area contributed by atoms with Crippen LogP contribution >= 0.6 is 11.3 Å². The van der Waals surface area contributed by atoms with Gasteiger partial charge in [-0.05, 0) is 72.1 Å². The molecule has 0 saturated heterocycles. The predicted molar refractivity (Wildman–Crippen MR) is 142 cm³/mol. The van der Waals surface area contributed by atoms with Crippen LogP contribution in [-0.2, 0) is 32.4 Å². The van der Waals surface area contributed by atoms with Crippen LogP contribution in [0.4, 0.5) is 10.8 Å². The van der Waals surface area contributed by atoms with Crippen molar-refractivity contribution in [3.05, 3.63) is 107 Å². The Morgan fingerprint density at radius 3 is 2.34 bits per heavy atom. The zero-order valence-corrected chi connectivity index (χ0v) is 22.9. The van der Waals surface area contributed by atoms with E-state index in [4.69, 9.17) is 4.74 Å². The van der Waals surface area contributed by atoms with E-state index in [2.05, 4.69) is 20.1 Å². The molecule has 5 aromatic rings. The van der Waals surface area contributed by atoms with Gasteiger partial charge in [-0.2, -0.15) is 16.4 Å². The molecule has 0 aliphatic heterocycles. The number of amides is 1. The maximum atomic E-state index is 13.1. The first-order chi connectivity index (χ1) is 17.9. The number of carbonyl (C=O) groups excluding carboxylic acids is 1. The van der Waals surface area contributed by atoms with Crippen LogP contribution in [0.3, 0.4) is 0 Å². The second-order valence-corrected chi connectivity index (χ2v) is 10.2. The molecule has 0 fully saturated rings. The Kier molecular flexibility index (Phi) is 8.45. The van der Waals surface area contributed by atoms with Crippen LogP contribution in [0.2, 0.25) is 0 Å². The average molecular weight is 638 g/mol. The van der Waals surface area contributed by atoms with E-state index < -0.39 is 15.9 Å². The minimum Gasteiger partial charge on any atom is -0.497 e. The number of anilines is 1. The first-order valence-electron chi connectivity index (χ1n) is 11.0. The molecule has 1 N–H and O–H groups in total. The third-order valence-corrected chi connectivity index (χ3v) is 7.42. The van der Waals surface area contributed by atoms with Crippen molar-refractivity contribution in [3.8, 4) is 22.7 Å². The van der Waals surface area contributed by atoms with Crippen molar-refractivity contribution in [1.82, 2.24) is 14.8 Å². The van der Waals surface area contributed by atoms with Crippen molar-refractivity contribution < 1.29 is 40.3 Å². The van der Waals surface area contributed by atoms with Gasteiger partial charge in [-0.1, -0.05) is 24.4 Å². The van der Waals surface area contributed by atoms with E-state index in [1.807, 2.05) is 54.6 Å². The molecule has 2 aromatic heterocycles. The Balaban J connectivity index is 0.00000336. The first-order valence-corrected chi connectivity index (χ1v) is 13.3. The molecular weight excluding hydrogens is 618 g/mol. The molecule has 0 aliphatic carbocycles. The number of thiazole rings is 1. The van der Waals surface area contributed by atoms with Gasteiger partial charge in [0.2, 0.25) is 10.0 Å². The quantitative estimate of drug-likeness (QED) is 0.220. The number of carbonyl (C=O) groups is 1. The Hall–Kier alpha value is -3.74. The monoisotopic (exact) mass is 637 g/mol. The smallest absolute Gasteiger partial charge is 0.497 e. The van der Waals surface area contributed by atoms with Gasteiger partial charge in [-0.3, -0.25) is 4.79 Å². The summed E-state index contributed by atoms with van der Waals surface area (Å²) in [6.07, 6.45) is 1.48. The summed E-state index contributed by atoms with van der Waals surface area (Å²) in [5.74, 6) is 0.282. The number of nitrogens with one attached hydrogen (secondary N) is 1.